The third-order valence-corrected chi connectivity index (χ3v) is 6.91. The molecule has 1 saturated carbocycles. The van der Waals surface area contributed by atoms with Crippen molar-refractivity contribution in [2.24, 2.45) is 5.92 Å². The third kappa shape index (κ3) is 3.34. The highest BCUT2D eigenvalue weighted by molar-refractivity contribution is 6.62. The molecule has 4 rings (SSSR count). The summed E-state index contributed by atoms with van der Waals surface area (Å²) in [5.41, 5.74) is 1.94. The van der Waals surface area contributed by atoms with Crippen molar-refractivity contribution in [2.45, 2.75) is 65.1 Å². The quantitative estimate of drug-likeness (QED) is 0.723. The Morgan fingerprint density at radius 3 is 2.28 bits per heavy atom. The van der Waals surface area contributed by atoms with E-state index in [0.29, 0.717) is 17.9 Å². The summed E-state index contributed by atoms with van der Waals surface area (Å²) in [7, 11) is -0.610. The first-order valence-corrected chi connectivity index (χ1v) is 10.1. The van der Waals surface area contributed by atoms with Gasteiger partial charge in [0.1, 0.15) is 12.4 Å². The number of benzene rings is 1. The maximum Gasteiger partial charge on any atom is 0.495 e. The molecule has 1 unspecified atom stereocenters. The van der Waals surface area contributed by atoms with Crippen LogP contribution >= 0.6 is 0 Å². The third-order valence-electron chi connectivity index (χ3n) is 6.91. The van der Waals surface area contributed by atoms with Crippen molar-refractivity contribution in [2.75, 3.05) is 19.7 Å². The lowest BCUT2D eigenvalue weighted by Gasteiger charge is -2.32. The minimum absolute atomic E-state index is 0.0490. The van der Waals surface area contributed by atoms with Crippen LogP contribution in [0.15, 0.2) is 6.07 Å². The predicted octanol–water partition coefficient (Wildman–Crippen LogP) is 3.09. The number of halogens is 2. The van der Waals surface area contributed by atoms with Crippen molar-refractivity contribution >= 4 is 18.5 Å². The minimum Gasteiger partial charge on any atom is -0.491 e. The lowest BCUT2D eigenvalue weighted by molar-refractivity contribution is 0.00578. The average Bonchev–Trinajstić information content (AvgIpc) is 3.18. The van der Waals surface area contributed by atoms with E-state index in [1.807, 2.05) is 41.5 Å². The number of rotatable bonds is 3. The van der Waals surface area contributed by atoms with Crippen LogP contribution in [-0.4, -0.2) is 54.7 Å². The van der Waals surface area contributed by atoms with Crippen molar-refractivity contribution in [3.63, 3.8) is 0 Å². The zero-order chi connectivity index (χ0) is 21.4. The fourth-order valence-electron chi connectivity index (χ4n) is 3.92. The van der Waals surface area contributed by atoms with Crippen molar-refractivity contribution < 1.29 is 27.6 Å². The molecule has 0 aromatic heterocycles. The summed E-state index contributed by atoms with van der Waals surface area (Å²) in [6.07, 6.45) is -0.156. The Morgan fingerprint density at radius 1 is 1.14 bits per heavy atom. The number of fused-ring (bicyclic) bond motifs is 1. The number of carbonyl (C=O) groups excluding carboxylic acids is 1. The van der Waals surface area contributed by atoms with Crippen LogP contribution in [-0.2, 0) is 9.31 Å². The molecule has 2 fully saturated rings. The Labute approximate surface area is 170 Å². The van der Waals surface area contributed by atoms with E-state index in [1.165, 1.54) is 4.90 Å². The largest absolute Gasteiger partial charge is 0.495 e. The van der Waals surface area contributed by atoms with Gasteiger partial charge in [-0.3, -0.25) is 4.79 Å². The van der Waals surface area contributed by atoms with E-state index in [2.05, 4.69) is 0 Å². The minimum atomic E-state index is -2.66. The lowest BCUT2D eigenvalue weighted by Crippen LogP contribution is -2.41. The van der Waals surface area contributed by atoms with E-state index in [1.54, 1.807) is 6.07 Å². The van der Waals surface area contributed by atoms with Crippen LogP contribution < -0.4 is 10.2 Å². The highest BCUT2D eigenvalue weighted by atomic mass is 19.3. The molecule has 29 heavy (non-hydrogen) atoms. The van der Waals surface area contributed by atoms with Gasteiger partial charge in [-0.2, -0.15) is 0 Å². The molecule has 1 atom stereocenters. The van der Waals surface area contributed by atoms with E-state index in [4.69, 9.17) is 14.0 Å². The molecule has 2 heterocycles. The monoisotopic (exact) mass is 407 g/mol. The molecule has 1 aromatic carbocycles. The van der Waals surface area contributed by atoms with Gasteiger partial charge in [0.05, 0.1) is 23.3 Å². The second kappa shape index (κ2) is 6.41. The highest BCUT2D eigenvalue weighted by Gasteiger charge is 2.57. The van der Waals surface area contributed by atoms with Gasteiger partial charge in [-0.15, -0.1) is 0 Å². The lowest BCUT2D eigenvalue weighted by atomic mass is 9.74. The molecule has 1 saturated heterocycles. The summed E-state index contributed by atoms with van der Waals surface area (Å²) in [5.74, 6) is -3.17. The van der Waals surface area contributed by atoms with Gasteiger partial charge in [0.15, 0.2) is 0 Å². The maximum atomic E-state index is 13.4. The maximum absolute atomic E-state index is 13.4. The fraction of sp³-hybridized carbons (Fsp3) is 0.667. The average molecular weight is 407 g/mol. The van der Waals surface area contributed by atoms with Gasteiger partial charge in [-0.25, -0.2) is 8.78 Å². The molecule has 3 aliphatic rings. The SMILES string of the molecule is Cc1c(B2OC(C)(C)C(C)(C)O2)cc2c(c1C)OCCN(CC1CC1(F)F)C2=O. The molecule has 0 bridgehead atoms. The summed E-state index contributed by atoms with van der Waals surface area (Å²) >= 11 is 0. The predicted molar refractivity (Wildman–Crippen MR) is 106 cm³/mol. The van der Waals surface area contributed by atoms with Gasteiger partial charge in [0, 0.05) is 18.9 Å². The number of alkyl halides is 2. The van der Waals surface area contributed by atoms with Gasteiger partial charge < -0.3 is 18.9 Å². The number of amides is 1. The first-order chi connectivity index (χ1) is 13.3. The van der Waals surface area contributed by atoms with E-state index in [0.717, 1.165) is 16.6 Å². The Bertz CT molecular complexity index is 855. The molecule has 0 N–H and O–H groups in total. The smallest absolute Gasteiger partial charge is 0.491 e. The molecule has 1 aromatic rings. The molecule has 158 valence electrons. The number of hydrogen-bond donors (Lipinski definition) is 0. The van der Waals surface area contributed by atoms with Gasteiger partial charge >= 0.3 is 7.12 Å². The molecular weight excluding hydrogens is 379 g/mol. The highest BCUT2D eigenvalue weighted by Crippen LogP contribution is 2.49. The molecule has 1 amide bonds. The second-order valence-electron chi connectivity index (χ2n) is 9.44. The van der Waals surface area contributed by atoms with Gasteiger partial charge in [0.2, 0.25) is 0 Å². The van der Waals surface area contributed by atoms with Crippen molar-refractivity contribution in [3.05, 3.63) is 22.8 Å². The topological polar surface area (TPSA) is 48.0 Å². The van der Waals surface area contributed by atoms with Gasteiger partial charge in [-0.1, -0.05) is 0 Å². The summed E-state index contributed by atoms with van der Waals surface area (Å²) in [6.45, 7) is 12.4. The normalized spacial score (nSPS) is 26.8. The van der Waals surface area contributed by atoms with Gasteiger partial charge in [-0.05, 0) is 64.2 Å². The molecule has 2 aliphatic heterocycles. The van der Waals surface area contributed by atoms with E-state index in [9.17, 15) is 13.6 Å². The first-order valence-electron chi connectivity index (χ1n) is 10.1. The Hall–Kier alpha value is -1.67. The summed E-state index contributed by atoms with van der Waals surface area (Å²) in [6, 6.07) is 1.76. The van der Waals surface area contributed by atoms with Crippen LogP contribution in [0.1, 0.15) is 55.6 Å². The van der Waals surface area contributed by atoms with E-state index >= 15 is 0 Å². The first kappa shape index (κ1) is 20.6. The van der Waals surface area contributed by atoms with E-state index < -0.39 is 30.2 Å². The van der Waals surface area contributed by atoms with Crippen molar-refractivity contribution in [1.29, 1.82) is 0 Å². The Kier molecular flexibility index (Phi) is 4.56. The van der Waals surface area contributed by atoms with Crippen LogP contribution in [0.4, 0.5) is 8.78 Å². The molecule has 5 nitrogen and oxygen atoms in total. The number of carbonyl (C=O) groups is 1. The van der Waals surface area contributed by atoms with Crippen molar-refractivity contribution in [3.8, 4) is 5.75 Å². The van der Waals surface area contributed by atoms with Crippen LogP contribution in [0, 0.1) is 19.8 Å². The van der Waals surface area contributed by atoms with Gasteiger partial charge in [0.25, 0.3) is 11.8 Å². The van der Waals surface area contributed by atoms with Crippen molar-refractivity contribution in [1.82, 2.24) is 4.90 Å². The van der Waals surface area contributed by atoms with Crippen LogP contribution in [0.25, 0.3) is 0 Å². The van der Waals surface area contributed by atoms with E-state index in [-0.39, 0.29) is 25.5 Å². The fourth-order valence-corrected chi connectivity index (χ4v) is 3.92. The number of nitrogens with zero attached hydrogens (tertiary/aromatic N) is 1. The van der Waals surface area contributed by atoms with Crippen LogP contribution in [0.2, 0.25) is 0 Å². The molecular formula is C21H28BF2NO4. The Balaban J connectivity index is 1.69. The second-order valence-corrected chi connectivity index (χ2v) is 9.44. The molecule has 1 aliphatic carbocycles. The molecule has 8 heteroatoms. The summed E-state index contributed by atoms with van der Waals surface area (Å²) in [5, 5.41) is 0. The number of hydrogen-bond acceptors (Lipinski definition) is 4. The standard InChI is InChI=1S/C21H28BF2NO4/c1-12-13(2)17-15(9-16(12)22-28-19(3,4)20(5,6)29-22)18(26)25(7-8-27-17)11-14-10-21(14,23)24/h9,14H,7-8,10-11H2,1-6H3. The Morgan fingerprint density at radius 2 is 1.72 bits per heavy atom. The van der Waals surface area contributed by atoms with Crippen LogP contribution in [0.5, 0.6) is 5.75 Å². The zero-order valence-electron chi connectivity index (χ0n) is 17.9. The molecule has 0 spiro atoms. The molecule has 0 radical (unpaired) electrons. The number of ether oxygens (including phenoxy) is 1. The van der Waals surface area contributed by atoms with Crippen LogP contribution in [0.3, 0.4) is 0 Å². The summed E-state index contributed by atoms with van der Waals surface area (Å²) in [4.78, 5) is 14.7. The zero-order valence-corrected chi connectivity index (χ0v) is 17.9. The summed E-state index contributed by atoms with van der Waals surface area (Å²) < 4.78 is 45.1.